The fraction of sp³-hybridized carbons (Fsp3) is 0.167. The van der Waals surface area contributed by atoms with Crippen molar-refractivity contribution in [3.8, 4) is 11.6 Å². The summed E-state index contributed by atoms with van der Waals surface area (Å²) in [6.07, 6.45) is 3.06. The van der Waals surface area contributed by atoms with Gasteiger partial charge in [0.05, 0.1) is 5.69 Å². The van der Waals surface area contributed by atoms with Crippen molar-refractivity contribution in [3.63, 3.8) is 0 Å². The van der Waals surface area contributed by atoms with Gasteiger partial charge >= 0.3 is 5.56 Å². The van der Waals surface area contributed by atoms with E-state index in [-0.39, 0.29) is 11.4 Å². The maximum Gasteiger partial charge on any atom is 0.313 e. The summed E-state index contributed by atoms with van der Waals surface area (Å²) in [5.74, 6) is 0.464. The summed E-state index contributed by atoms with van der Waals surface area (Å²) in [6, 6.07) is 3.58. The summed E-state index contributed by atoms with van der Waals surface area (Å²) in [6.45, 7) is 1.85. The predicted molar refractivity (Wildman–Crippen MR) is 72.8 cm³/mol. The molecule has 5 nitrogen and oxygen atoms in total. The van der Waals surface area contributed by atoms with Crippen LogP contribution >= 0.6 is 15.9 Å². The highest BCUT2D eigenvalue weighted by Gasteiger charge is 2.11. The van der Waals surface area contributed by atoms with Crippen LogP contribution in [0.5, 0.6) is 11.6 Å². The number of aryl methyl sites for hydroxylation is 2. The summed E-state index contributed by atoms with van der Waals surface area (Å²) < 4.78 is 7.77. The van der Waals surface area contributed by atoms with Crippen molar-refractivity contribution in [2.75, 3.05) is 5.73 Å². The van der Waals surface area contributed by atoms with Crippen LogP contribution in [0.3, 0.4) is 0 Å². The van der Waals surface area contributed by atoms with Crippen LogP contribution in [-0.4, -0.2) is 9.55 Å². The summed E-state index contributed by atoms with van der Waals surface area (Å²) in [5, 5.41) is 0. The lowest BCUT2D eigenvalue weighted by atomic mass is 10.2. The van der Waals surface area contributed by atoms with Crippen LogP contribution in [0, 0.1) is 6.92 Å². The zero-order valence-electron chi connectivity index (χ0n) is 9.98. The molecule has 6 heteroatoms. The van der Waals surface area contributed by atoms with Crippen LogP contribution in [-0.2, 0) is 7.05 Å². The fourth-order valence-corrected chi connectivity index (χ4v) is 2.13. The van der Waals surface area contributed by atoms with E-state index in [9.17, 15) is 4.79 Å². The van der Waals surface area contributed by atoms with Crippen molar-refractivity contribution < 1.29 is 4.74 Å². The molecule has 1 aromatic carbocycles. The van der Waals surface area contributed by atoms with Crippen LogP contribution in [0.4, 0.5) is 5.69 Å². The van der Waals surface area contributed by atoms with Crippen molar-refractivity contribution >= 4 is 21.6 Å². The Balaban J connectivity index is 2.47. The molecule has 0 unspecified atom stereocenters. The molecular weight excluding hydrogens is 298 g/mol. The van der Waals surface area contributed by atoms with Gasteiger partial charge in [0.1, 0.15) is 0 Å². The molecule has 0 atom stereocenters. The third kappa shape index (κ3) is 2.38. The molecule has 1 aromatic heterocycles. The van der Waals surface area contributed by atoms with Gasteiger partial charge in [-0.1, -0.05) is 15.9 Å². The summed E-state index contributed by atoms with van der Waals surface area (Å²) >= 11 is 3.34. The van der Waals surface area contributed by atoms with Gasteiger partial charge in [-0.15, -0.1) is 0 Å². The highest BCUT2D eigenvalue weighted by Crippen LogP contribution is 2.32. The first-order valence-corrected chi connectivity index (χ1v) is 6.03. The van der Waals surface area contributed by atoms with E-state index in [1.807, 2.05) is 13.0 Å². The zero-order valence-corrected chi connectivity index (χ0v) is 11.6. The lowest BCUT2D eigenvalue weighted by Crippen LogP contribution is -2.18. The molecule has 0 spiro atoms. The summed E-state index contributed by atoms with van der Waals surface area (Å²) in [7, 11) is 1.63. The molecular formula is C12H12BrN3O2. The number of nitrogens with two attached hydrogens (primary N) is 1. The fourth-order valence-electron chi connectivity index (χ4n) is 1.54. The number of ether oxygens (including phenoxy) is 1. The second-order valence-electron chi connectivity index (χ2n) is 3.89. The van der Waals surface area contributed by atoms with Crippen molar-refractivity contribution in [2.45, 2.75) is 6.92 Å². The van der Waals surface area contributed by atoms with Crippen LogP contribution in [0.15, 0.2) is 33.8 Å². The number of rotatable bonds is 2. The molecule has 0 saturated heterocycles. The largest absolute Gasteiger partial charge is 0.432 e. The molecule has 0 bridgehead atoms. The van der Waals surface area contributed by atoms with Gasteiger partial charge in [-0.3, -0.25) is 4.79 Å². The minimum Gasteiger partial charge on any atom is -0.432 e. The standard InChI is InChI=1S/C12H12BrN3O2/c1-7-5-8(13)6-9(14)10(7)18-11-12(17)16(2)4-3-15-11/h3-6H,14H2,1-2H3. The molecule has 0 amide bonds. The maximum absolute atomic E-state index is 11.8. The normalized spacial score (nSPS) is 10.4. The minimum absolute atomic E-state index is 0.0112. The second-order valence-corrected chi connectivity index (χ2v) is 4.81. The molecule has 0 fully saturated rings. The third-order valence-corrected chi connectivity index (χ3v) is 2.91. The monoisotopic (exact) mass is 309 g/mol. The van der Waals surface area contributed by atoms with Gasteiger partial charge in [-0.05, 0) is 24.6 Å². The molecule has 0 aliphatic carbocycles. The van der Waals surface area contributed by atoms with E-state index < -0.39 is 0 Å². The molecule has 18 heavy (non-hydrogen) atoms. The second kappa shape index (κ2) is 4.81. The number of hydrogen-bond acceptors (Lipinski definition) is 4. The highest BCUT2D eigenvalue weighted by atomic mass is 79.9. The van der Waals surface area contributed by atoms with Crippen molar-refractivity contribution in [2.24, 2.45) is 7.05 Å². The Morgan fingerprint density at radius 2 is 2.17 bits per heavy atom. The third-order valence-electron chi connectivity index (χ3n) is 2.45. The molecule has 0 saturated carbocycles. The number of nitrogen functional groups attached to an aromatic ring is 1. The number of aromatic nitrogens is 2. The van der Waals surface area contributed by atoms with Gasteiger partial charge < -0.3 is 15.0 Å². The van der Waals surface area contributed by atoms with E-state index in [1.54, 1.807) is 19.3 Å². The van der Waals surface area contributed by atoms with E-state index in [0.29, 0.717) is 11.4 Å². The van der Waals surface area contributed by atoms with Crippen molar-refractivity contribution in [3.05, 3.63) is 44.9 Å². The Morgan fingerprint density at radius 1 is 1.44 bits per heavy atom. The minimum atomic E-state index is -0.306. The van der Waals surface area contributed by atoms with Gasteiger partial charge in [0.25, 0.3) is 5.88 Å². The number of halogens is 1. The SMILES string of the molecule is Cc1cc(Br)cc(N)c1Oc1nccn(C)c1=O. The Kier molecular flexibility index (Phi) is 3.38. The molecule has 94 valence electrons. The Hall–Kier alpha value is -1.82. The van der Waals surface area contributed by atoms with Gasteiger partial charge in [0.2, 0.25) is 0 Å². The number of nitrogens with zero attached hydrogens (tertiary/aromatic N) is 2. The number of anilines is 1. The van der Waals surface area contributed by atoms with E-state index in [2.05, 4.69) is 20.9 Å². The first-order valence-electron chi connectivity index (χ1n) is 5.24. The predicted octanol–water partition coefficient (Wildman–Crippen LogP) is 2.23. The Bertz CT molecular complexity index is 629. The van der Waals surface area contributed by atoms with Crippen molar-refractivity contribution in [1.82, 2.24) is 9.55 Å². The van der Waals surface area contributed by atoms with Gasteiger partial charge in [-0.25, -0.2) is 4.98 Å². The van der Waals surface area contributed by atoms with E-state index in [0.717, 1.165) is 10.0 Å². The average molecular weight is 310 g/mol. The van der Waals surface area contributed by atoms with E-state index in [4.69, 9.17) is 10.5 Å². The Morgan fingerprint density at radius 3 is 2.83 bits per heavy atom. The molecule has 0 aliphatic heterocycles. The van der Waals surface area contributed by atoms with Gasteiger partial charge in [-0.2, -0.15) is 0 Å². The van der Waals surface area contributed by atoms with Gasteiger partial charge in [0, 0.05) is 23.9 Å². The van der Waals surface area contributed by atoms with Gasteiger partial charge in [0.15, 0.2) is 5.75 Å². The number of hydrogen-bond donors (Lipinski definition) is 1. The summed E-state index contributed by atoms with van der Waals surface area (Å²) in [4.78, 5) is 15.7. The lowest BCUT2D eigenvalue weighted by Gasteiger charge is -2.11. The lowest BCUT2D eigenvalue weighted by molar-refractivity contribution is 0.447. The molecule has 2 N–H and O–H groups in total. The molecule has 2 rings (SSSR count). The summed E-state index contributed by atoms with van der Waals surface area (Å²) in [5.41, 5.74) is 6.84. The smallest absolute Gasteiger partial charge is 0.313 e. The molecule has 1 heterocycles. The van der Waals surface area contributed by atoms with E-state index in [1.165, 1.54) is 10.8 Å². The molecule has 2 aromatic rings. The maximum atomic E-state index is 11.8. The Labute approximate surface area is 112 Å². The molecule has 0 radical (unpaired) electrons. The first-order chi connectivity index (χ1) is 8.49. The molecule has 0 aliphatic rings. The average Bonchev–Trinajstić information content (AvgIpc) is 2.28. The first kappa shape index (κ1) is 12.6. The quantitative estimate of drug-likeness (QED) is 0.864. The van der Waals surface area contributed by atoms with Crippen LogP contribution < -0.4 is 16.0 Å². The van der Waals surface area contributed by atoms with Crippen molar-refractivity contribution in [1.29, 1.82) is 0 Å². The number of benzene rings is 1. The zero-order chi connectivity index (χ0) is 13.3. The van der Waals surface area contributed by atoms with E-state index >= 15 is 0 Å². The van der Waals surface area contributed by atoms with Crippen LogP contribution in [0.2, 0.25) is 0 Å². The van der Waals surface area contributed by atoms with Crippen LogP contribution in [0.25, 0.3) is 0 Å². The van der Waals surface area contributed by atoms with Crippen LogP contribution in [0.1, 0.15) is 5.56 Å². The topological polar surface area (TPSA) is 70.1 Å². The highest BCUT2D eigenvalue weighted by molar-refractivity contribution is 9.10.